The molecular weight excluding hydrogens is 167 g/mol. The molecule has 1 heterocycles. The molecule has 13 heavy (non-hydrogen) atoms. The summed E-state index contributed by atoms with van der Waals surface area (Å²) in [5, 5.41) is 0. The largest absolute Gasteiger partial charge is 0.321 e. The van der Waals surface area contributed by atoms with Crippen LogP contribution in [0.1, 0.15) is 25.5 Å². The first-order valence-electron chi connectivity index (χ1n) is 4.11. The second kappa shape index (κ2) is 4.14. The molecule has 0 aliphatic carbocycles. The van der Waals surface area contributed by atoms with Crippen molar-refractivity contribution in [3.63, 3.8) is 0 Å². The predicted octanol–water partition coefficient (Wildman–Crippen LogP) is 2.19. The molecule has 0 aliphatic rings. The molecule has 0 aromatic carbocycles. The number of rotatable bonds is 2. The zero-order valence-corrected chi connectivity index (χ0v) is 7.79. The fraction of sp³-hybridized carbons (Fsp3) is 0.300. The highest BCUT2D eigenvalue weighted by Gasteiger charge is 2.07. The van der Waals surface area contributed by atoms with Gasteiger partial charge in [0.25, 0.3) is 0 Å². The van der Waals surface area contributed by atoms with Crippen LogP contribution in [0.2, 0.25) is 0 Å². The van der Waals surface area contributed by atoms with Crippen LogP contribution >= 0.6 is 0 Å². The SMILES string of the molecule is CC(C)=CC(N)c1ccncc1F. The van der Waals surface area contributed by atoms with Crippen LogP contribution in [0.15, 0.2) is 30.1 Å². The Morgan fingerprint density at radius 2 is 2.31 bits per heavy atom. The van der Waals surface area contributed by atoms with Crippen LogP contribution < -0.4 is 5.73 Å². The Morgan fingerprint density at radius 3 is 2.85 bits per heavy atom. The molecule has 2 N–H and O–H groups in total. The van der Waals surface area contributed by atoms with Crippen LogP contribution in [-0.4, -0.2) is 4.98 Å². The first-order chi connectivity index (χ1) is 6.11. The minimum atomic E-state index is -0.381. The van der Waals surface area contributed by atoms with Crippen LogP contribution in [-0.2, 0) is 0 Å². The Morgan fingerprint density at radius 1 is 1.62 bits per heavy atom. The number of pyridine rings is 1. The monoisotopic (exact) mass is 180 g/mol. The molecule has 3 heteroatoms. The average molecular weight is 180 g/mol. The Kier molecular flexibility index (Phi) is 3.14. The van der Waals surface area contributed by atoms with Crippen molar-refractivity contribution >= 4 is 0 Å². The molecule has 1 aromatic heterocycles. The number of nitrogens with zero attached hydrogens (tertiary/aromatic N) is 1. The Bertz CT molecular complexity index is 316. The molecule has 0 aliphatic heterocycles. The minimum absolute atomic E-state index is 0.354. The number of hydrogen-bond acceptors (Lipinski definition) is 2. The van der Waals surface area contributed by atoms with Gasteiger partial charge in [-0.2, -0.15) is 0 Å². The van der Waals surface area contributed by atoms with Gasteiger partial charge in [-0.15, -0.1) is 0 Å². The smallest absolute Gasteiger partial charge is 0.146 e. The Labute approximate surface area is 77.3 Å². The quantitative estimate of drug-likeness (QED) is 0.708. The summed E-state index contributed by atoms with van der Waals surface area (Å²) in [5.74, 6) is -0.354. The van der Waals surface area contributed by atoms with E-state index in [2.05, 4.69) is 4.98 Å². The highest BCUT2D eigenvalue weighted by Crippen LogP contribution is 2.15. The van der Waals surface area contributed by atoms with Crippen molar-refractivity contribution < 1.29 is 4.39 Å². The van der Waals surface area contributed by atoms with Crippen LogP contribution in [0.4, 0.5) is 4.39 Å². The van der Waals surface area contributed by atoms with E-state index >= 15 is 0 Å². The maximum absolute atomic E-state index is 13.1. The fourth-order valence-corrected chi connectivity index (χ4v) is 1.11. The van der Waals surface area contributed by atoms with E-state index in [0.29, 0.717) is 5.56 Å². The number of halogens is 1. The summed E-state index contributed by atoms with van der Waals surface area (Å²) < 4.78 is 13.1. The van der Waals surface area contributed by atoms with Crippen molar-refractivity contribution in [2.24, 2.45) is 5.73 Å². The molecule has 1 aromatic rings. The maximum Gasteiger partial charge on any atom is 0.146 e. The summed E-state index contributed by atoms with van der Waals surface area (Å²) in [6.07, 6.45) is 4.53. The molecule has 0 saturated heterocycles. The third-order valence-electron chi connectivity index (χ3n) is 1.68. The first kappa shape index (κ1) is 9.86. The standard InChI is InChI=1S/C10H13FN2/c1-7(2)5-10(12)8-3-4-13-6-9(8)11/h3-6,10H,12H2,1-2H3. The lowest BCUT2D eigenvalue weighted by atomic mass is 10.1. The van der Waals surface area contributed by atoms with E-state index < -0.39 is 0 Å². The summed E-state index contributed by atoms with van der Waals surface area (Å²) in [7, 11) is 0. The number of aromatic nitrogens is 1. The van der Waals surface area contributed by atoms with E-state index in [1.165, 1.54) is 12.4 Å². The Hall–Kier alpha value is -1.22. The molecule has 0 spiro atoms. The van der Waals surface area contributed by atoms with Gasteiger partial charge < -0.3 is 5.73 Å². The van der Waals surface area contributed by atoms with Gasteiger partial charge in [-0.05, 0) is 19.9 Å². The molecule has 1 atom stereocenters. The van der Waals surface area contributed by atoms with Crippen molar-refractivity contribution in [1.82, 2.24) is 4.98 Å². The summed E-state index contributed by atoms with van der Waals surface area (Å²) in [6, 6.07) is 1.22. The predicted molar refractivity (Wildman–Crippen MR) is 50.6 cm³/mol. The van der Waals surface area contributed by atoms with E-state index in [9.17, 15) is 4.39 Å². The van der Waals surface area contributed by atoms with E-state index in [1.807, 2.05) is 19.9 Å². The van der Waals surface area contributed by atoms with Crippen molar-refractivity contribution in [3.8, 4) is 0 Å². The fourth-order valence-electron chi connectivity index (χ4n) is 1.11. The third kappa shape index (κ3) is 2.63. The van der Waals surface area contributed by atoms with E-state index in [0.717, 1.165) is 5.57 Å². The van der Waals surface area contributed by atoms with Gasteiger partial charge in [0.05, 0.1) is 12.2 Å². The lowest BCUT2D eigenvalue weighted by Gasteiger charge is -2.08. The molecular formula is C10H13FN2. The molecule has 1 rings (SSSR count). The maximum atomic E-state index is 13.1. The van der Waals surface area contributed by atoms with E-state index in [-0.39, 0.29) is 11.9 Å². The summed E-state index contributed by atoms with van der Waals surface area (Å²) in [6.45, 7) is 3.86. The molecule has 0 radical (unpaired) electrons. The molecule has 0 bridgehead atoms. The average Bonchev–Trinajstić information content (AvgIpc) is 2.03. The number of nitrogens with two attached hydrogens (primary N) is 1. The molecule has 1 unspecified atom stereocenters. The van der Waals surface area contributed by atoms with Crippen LogP contribution in [0.3, 0.4) is 0 Å². The summed E-state index contributed by atoms with van der Waals surface area (Å²) in [5.41, 5.74) is 7.31. The Balaban J connectivity index is 2.95. The van der Waals surface area contributed by atoms with Crippen molar-refractivity contribution in [2.75, 3.05) is 0 Å². The molecule has 70 valence electrons. The van der Waals surface area contributed by atoms with Gasteiger partial charge in [-0.3, -0.25) is 4.98 Å². The zero-order valence-electron chi connectivity index (χ0n) is 7.79. The second-order valence-electron chi connectivity index (χ2n) is 3.17. The van der Waals surface area contributed by atoms with Crippen molar-refractivity contribution in [3.05, 3.63) is 41.5 Å². The normalized spacial score (nSPS) is 12.3. The first-order valence-corrected chi connectivity index (χ1v) is 4.11. The van der Waals surface area contributed by atoms with Gasteiger partial charge in [-0.25, -0.2) is 4.39 Å². The summed E-state index contributed by atoms with van der Waals surface area (Å²) in [4.78, 5) is 3.66. The highest BCUT2D eigenvalue weighted by molar-refractivity contribution is 5.22. The van der Waals surface area contributed by atoms with Crippen LogP contribution in [0.5, 0.6) is 0 Å². The lowest BCUT2D eigenvalue weighted by Crippen LogP contribution is -2.09. The molecule has 0 amide bonds. The van der Waals surface area contributed by atoms with Crippen molar-refractivity contribution in [1.29, 1.82) is 0 Å². The van der Waals surface area contributed by atoms with Crippen LogP contribution in [0.25, 0.3) is 0 Å². The lowest BCUT2D eigenvalue weighted by molar-refractivity contribution is 0.595. The molecule has 2 nitrogen and oxygen atoms in total. The van der Waals surface area contributed by atoms with E-state index in [4.69, 9.17) is 5.73 Å². The van der Waals surface area contributed by atoms with Gasteiger partial charge in [-0.1, -0.05) is 11.6 Å². The topological polar surface area (TPSA) is 38.9 Å². The zero-order chi connectivity index (χ0) is 9.84. The highest BCUT2D eigenvalue weighted by atomic mass is 19.1. The van der Waals surface area contributed by atoms with Gasteiger partial charge in [0, 0.05) is 11.8 Å². The van der Waals surface area contributed by atoms with Crippen LogP contribution in [0, 0.1) is 5.82 Å². The van der Waals surface area contributed by atoms with Gasteiger partial charge in [0.15, 0.2) is 0 Å². The minimum Gasteiger partial charge on any atom is -0.321 e. The van der Waals surface area contributed by atoms with Crippen molar-refractivity contribution in [2.45, 2.75) is 19.9 Å². The molecule has 0 saturated carbocycles. The number of allylic oxidation sites excluding steroid dienone is 1. The third-order valence-corrected chi connectivity index (χ3v) is 1.68. The molecule has 0 fully saturated rings. The summed E-state index contributed by atoms with van der Waals surface area (Å²) >= 11 is 0. The van der Waals surface area contributed by atoms with E-state index in [1.54, 1.807) is 6.07 Å². The van der Waals surface area contributed by atoms with Gasteiger partial charge >= 0.3 is 0 Å². The number of hydrogen-bond donors (Lipinski definition) is 1. The van der Waals surface area contributed by atoms with Gasteiger partial charge in [0.1, 0.15) is 5.82 Å². The van der Waals surface area contributed by atoms with Gasteiger partial charge in [0.2, 0.25) is 0 Å². The second-order valence-corrected chi connectivity index (χ2v) is 3.17.